The maximum atomic E-state index is 11.7. The normalized spacial score (nSPS) is 13.3. The summed E-state index contributed by atoms with van der Waals surface area (Å²) in [5, 5.41) is 16.6. The lowest BCUT2D eigenvalue weighted by Crippen LogP contribution is -2.35. The van der Waals surface area contributed by atoms with E-state index in [1.165, 1.54) is 0 Å². The highest BCUT2D eigenvalue weighted by atomic mass is 16.5. The molecule has 0 aromatic carbocycles. The number of anilines is 1. The maximum absolute atomic E-state index is 11.7. The molecule has 4 N–H and O–H groups in total. The average molecular weight is 269 g/mol. The molecule has 0 aliphatic heterocycles. The summed E-state index contributed by atoms with van der Waals surface area (Å²) in [6.07, 6.45) is 2.48. The van der Waals surface area contributed by atoms with Crippen molar-refractivity contribution in [2.45, 2.75) is 58.1 Å². The predicted molar refractivity (Wildman–Crippen MR) is 72.5 cm³/mol. The van der Waals surface area contributed by atoms with Gasteiger partial charge in [0, 0.05) is 6.07 Å². The number of aromatic nitrogens is 1. The van der Waals surface area contributed by atoms with E-state index in [0.29, 0.717) is 25.0 Å². The van der Waals surface area contributed by atoms with Crippen LogP contribution in [0.25, 0.3) is 0 Å². The fourth-order valence-corrected chi connectivity index (χ4v) is 1.81. The molecule has 1 aromatic heterocycles. The van der Waals surface area contributed by atoms with Crippen molar-refractivity contribution >= 4 is 11.7 Å². The van der Waals surface area contributed by atoms with Crippen LogP contribution in [0.15, 0.2) is 10.6 Å². The Morgan fingerprint density at radius 1 is 1.53 bits per heavy atom. The largest absolute Gasteiger partial charge is 0.382 e. The SMILES string of the molecule is CCC[C@H](N)C(=O)Nc1cc(C(O)(CC)CC)on1. The van der Waals surface area contributed by atoms with Crippen molar-refractivity contribution in [1.82, 2.24) is 5.16 Å². The minimum absolute atomic E-state index is 0.284. The van der Waals surface area contributed by atoms with Crippen LogP contribution in [0.5, 0.6) is 0 Å². The van der Waals surface area contributed by atoms with Crippen molar-refractivity contribution in [2.75, 3.05) is 5.32 Å². The zero-order valence-electron chi connectivity index (χ0n) is 11.8. The molecule has 108 valence electrons. The molecular formula is C13H23N3O3. The Morgan fingerprint density at radius 3 is 2.68 bits per heavy atom. The van der Waals surface area contributed by atoms with Gasteiger partial charge in [-0.2, -0.15) is 0 Å². The van der Waals surface area contributed by atoms with Crippen LogP contribution < -0.4 is 11.1 Å². The monoisotopic (exact) mass is 269 g/mol. The van der Waals surface area contributed by atoms with Crippen LogP contribution >= 0.6 is 0 Å². The lowest BCUT2D eigenvalue weighted by atomic mass is 9.94. The molecular weight excluding hydrogens is 246 g/mol. The van der Waals surface area contributed by atoms with E-state index < -0.39 is 11.6 Å². The molecule has 0 saturated heterocycles. The lowest BCUT2D eigenvalue weighted by Gasteiger charge is -2.20. The lowest BCUT2D eigenvalue weighted by molar-refractivity contribution is -0.117. The molecule has 19 heavy (non-hydrogen) atoms. The van der Waals surface area contributed by atoms with Gasteiger partial charge in [-0.1, -0.05) is 32.3 Å². The Kier molecular flexibility index (Phi) is 5.50. The van der Waals surface area contributed by atoms with E-state index in [9.17, 15) is 9.90 Å². The molecule has 0 aliphatic carbocycles. The van der Waals surface area contributed by atoms with E-state index in [0.717, 1.165) is 6.42 Å². The quantitative estimate of drug-likeness (QED) is 0.700. The summed E-state index contributed by atoms with van der Waals surface area (Å²) in [7, 11) is 0. The standard InChI is InChI=1S/C13H23N3O3/c1-4-7-9(14)12(17)15-11-8-10(19-16-11)13(18,5-2)6-3/h8-9,18H,4-7,14H2,1-3H3,(H,15,16,17)/t9-/m0/s1. The third-order valence-electron chi connectivity index (χ3n) is 3.33. The Morgan fingerprint density at radius 2 is 2.16 bits per heavy atom. The summed E-state index contributed by atoms with van der Waals surface area (Å²) < 4.78 is 5.10. The fourth-order valence-electron chi connectivity index (χ4n) is 1.81. The van der Waals surface area contributed by atoms with Gasteiger partial charge in [0.1, 0.15) is 5.60 Å². The van der Waals surface area contributed by atoms with Crippen LogP contribution in [0.2, 0.25) is 0 Å². The number of nitrogens with two attached hydrogens (primary N) is 1. The third kappa shape index (κ3) is 3.78. The van der Waals surface area contributed by atoms with Crippen molar-refractivity contribution in [1.29, 1.82) is 0 Å². The number of hydrogen-bond acceptors (Lipinski definition) is 5. The molecule has 1 rings (SSSR count). The average Bonchev–Trinajstić information content (AvgIpc) is 2.87. The Labute approximate surface area is 113 Å². The van der Waals surface area contributed by atoms with E-state index in [4.69, 9.17) is 10.3 Å². The molecule has 0 unspecified atom stereocenters. The molecule has 0 radical (unpaired) electrons. The van der Waals surface area contributed by atoms with Gasteiger partial charge in [-0.25, -0.2) is 0 Å². The van der Waals surface area contributed by atoms with E-state index in [1.807, 2.05) is 20.8 Å². The highest BCUT2D eigenvalue weighted by molar-refractivity contribution is 5.93. The summed E-state index contributed by atoms with van der Waals surface area (Å²) in [6.45, 7) is 5.69. The summed E-state index contributed by atoms with van der Waals surface area (Å²) in [5.74, 6) is 0.349. The summed E-state index contributed by atoms with van der Waals surface area (Å²) in [6, 6.07) is 0.991. The van der Waals surface area contributed by atoms with Crippen molar-refractivity contribution in [3.63, 3.8) is 0 Å². The number of aliphatic hydroxyl groups is 1. The number of nitrogens with one attached hydrogen (secondary N) is 1. The minimum atomic E-state index is -1.04. The van der Waals surface area contributed by atoms with E-state index in [-0.39, 0.29) is 11.7 Å². The predicted octanol–water partition coefficient (Wildman–Crippen LogP) is 1.75. The first-order chi connectivity index (χ1) is 8.96. The van der Waals surface area contributed by atoms with Gasteiger partial charge >= 0.3 is 0 Å². The van der Waals surface area contributed by atoms with Gasteiger partial charge in [-0.15, -0.1) is 0 Å². The zero-order chi connectivity index (χ0) is 14.5. The molecule has 1 amide bonds. The van der Waals surface area contributed by atoms with Gasteiger partial charge in [0.15, 0.2) is 11.6 Å². The van der Waals surface area contributed by atoms with Gasteiger partial charge < -0.3 is 20.7 Å². The summed E-state index contributed by atoms with van der Waals surface area (Å²) in [5.41, 5.74) is 4.66. The van der Waals surface area contributed by atoms with Crippen LogP contribution in [0.3, 0.4) is 0 Å². The number of rotatable bonds is 7. The van der Waals surface area contributed by atoms with Gasteiger partial charge in [0.25, 0.3) is 0 Å². The topological polar surface area (TPSA) is 101 Å². The highest BCUT2D eigenvalue weighted by Crippen LogP contribution is 2.29. The summed E-state index contributed by atoms with van der Waals surface area (Å²) >= 11 is 0. The van der Waals surface area contributed by atoms with Gasteiger partial charge in [0.2, 0.25) is 5.91 Å². The number of carbonyl (C=O) groups excluding carboxylic acids is 1. The zero-order valence-corrected chi connectivity index (χ0v) is 11.8. The van der Waals surface area contributed by atoms with Crippen LogP contribution in [0.1, 0.15) is 52.2 Å². The molecule has 1 heterocycles. The second-order valence-electron chi connectivity index (χ2n) is 4.70. The minimum Gasteiger partial charge on any atom is -0.382 e. The Bertz CT molecular complexity index is 413. The van der Waals surface area contributed by atoms with Crippen LogP contribution in [-0.4, -0.2) is 22.2 Å². The molecule has 0 spiro atoms. The Balaban J connectivity index is 2.73. The molecule has 6 nitrogen and oxygen atoms in total. The molecule has 0 bridgehead atoms. The maximum Gasteiger partial charge on any atom is 0.242 e. The number of hydrogen-bond donors (Lipinski definition) is 3. The van der Waals surface area contributed by atoms with Crippen LogP contribution in [0.4, 0.5) is 5.82 Å². The first-order valence-electron chi connectivity index (χ1n) is 6.72. The number of carbonyl (C=O) groups is 1. The van der Waals surface area contributed by atoms with Gasteiger partial charge in [-0.3, -0.25) is 4.79 Å². The van der Waals surface area contributed by atoms with Gasteiger partial charge in [0.05, 0.1) is 6.04 Å². The number of amides is 1. The van der Waals surface area contributed by atoms with Crippen LogP contribution in [-0.2, 0) is 10.4 Å². The summed E-state index contributed by atoms with van der Waals surface area (Å²) in [4.78, 5) is 11.7. The second-order valence-corrected chi connectivity index (χ2v) is 4.70. The molecule has 6 heteroatoms. The molecule has 0 fully saturated rings. The van der Waals surface area contributed by atoms with Gasteiger partial charge in [-0.05, 0) is 19.3 Å². The number of nitrogens with zero attached hydrogens (tertiary/aromatic N) is 1. The molecule has 1 atom stereocenters. The fraction of sp³-hybridized carbons (Fsp3) is 0.692. The van der Waals surface area contributed by atoms with E-state index in [1.54, 1.807) is 6.07 Å². The molecule has 0 saturated carbocycles. The smallest absolute Gasteiger partial charge is 0.242 e. The van der Waals surface area contributed by atoms with Crippen molar-refractivity contribution in [3.8, 4) is 0 Å². The van der Waals surface area contributed by atoms with E-state index >= 15 is 0 Å². The first kappa shape index (κ1) is 15.7. The highest BCUT2D eigenvalue weighted by Gasteiger charge is 2.30. The first-order valence-corrected chi connectivity index (χ1v) is 6.72. The molecule has 1 aromatic rings. The van der Waals surface area contributed by atoms with E-state index in [2.05, 4.69) is 10.5 Å². The Hall–Kier alpha value is -1.40. The second kappa shape index (κ2) is 6.68. The van der Waals surface area contributed by atoms with Crippen LogP contribution in [0, 0.1) is 0 Å². The molecule has 0 aliphatic rings. The third-order valence-corrected chi connectivity index (χ3v) is 3.33. The van der Waals surface area contributed by atoms with Crippen molar-refractivity contribution in [2.24, 2.45) is 5.73 Å². The van der Waals surface area contributed by atoms with Crippen molar-refractivity contribution in [3.05, 3.63) is 11.8 Å². The van der Waals surface area contributed by atoms with Crippen molar-refractivity contribution < 1.29 is 14.4 Å².